The Morgan fingerprint density at radius 1 is 1.29 bits per heavy atom. The van der Waals surface area contributed by atoms with Crippen LogP contribution in [0.15, 0.2) is 0 Å². The van der Waals surface area contributed by atoms with Crippen LogP contribution in [0, 0.1) is 0 Å². The number of hydrogen-bond donors (Lipinski definition) is 1. The van der Waals surface area contributed by atoms with E-state index in [1.165, 1.54) is 4.90 Å². The first-order valence-electron chi connectivity index (χ1n) is 5.56. The minimum Gasteiger partial charge on any atom is -0.395 e. The molecule has 0 fully saturated rings. The first kappa shape index (κ1) is 17.0. The summed E-state index contributed by atoms with van der Waals surface area (Å²) in [6.07, 6.45) is -0.500. The van der Waals surface area contributed by atoms with Crippen molar-refractivity contribution in [2.24, 2.45) is 0 Å². The van der Waals surface area contributed by atoms with Gasteiger partial charge in [0.25, 0.3) is 0 Å². The van der Waals surface area contributed by atoms with Crippen molar-refractivity contribution in [1.82, 2.24) is 4.90 Å². The molecule has 102 valence electrons. The Labute approximate surface area is 109 Å². The lowest BCUT2D eigenvalue weighted by Gasteiger charge is -2.28. The molecular formula is C10H22NO4PS. The Kier molecular flexibility index (Phi) is 7.44. The summed E-state index contributed by atoms with van der Waals surface area (Å²) >= 11 is 5.12. The summed E-state index contributed by atoms with van der Waals surface area (Å²) in [4.78, 5) is 1.51. The molecule has 0 atom stereocenters. The van der Waals surface area contributed by atoms with Gasteiger partial charge in [-0.3, -0.25) is 4.57 Å². The van der Waals surface area contributed by atoms with Gasteiger partial charge >= 0.3 is 7.60 Å². The molecule has 0 bridgehead atoms. The predicted molar refractivity (Wildman–Crippen MR) is 72.4 cm³/mol. The zero-order valence-electron chi connectivity index (χ0n) is 11.0. The smallest absolute Gasteiger partial charge is 0.388 e. The Balaban J connectivity index is 4.90. The number of rotatable bonds is 7. The fraction of sp³-hybridized carbons (Fsp3) is 0.900. The molecule has 5 nitrogen and oxygen atoms in total. The van der Waals surface area contributed by atoms with Crippen LogP contribution in [-0.2, 0) is 13.6 Å². The normalized spacial score (nSPS) is 12.2. The first-order valence-corrected chi connectivity index (χ1v) is 7.51. The van der Waals surface area contributed by atoms with Crippen LogP contribution < -0.4 is 0 Å². The van der Waals surface area contributed by atoms with Crippen LogP contribution in [0.1, 0.15) is 27.7 Å². The van der Waals surface area contributed by atoms with Crippen molar-refractivity contribution >= 4 is 24.5 Å². The molecule has 0 amide bonds. The molecule has 0 aliphatic rings. The highest BCUT2D eigenvalue weighted by molar-refractivity contribution is 7.97. The van der Waals surface area contributed by atoms with E-state index in [0.29, 0.717) is 6.54 Å². The van der Waals surface area contributed by atoms with Gasteiger partial charge in [0.2, 0.25) is 0 Å². The van der Waals surface area contributed by atoms with Gasteiger partial charge in [0.15, 0.2) is 4.73 Å². The lowest BCUT2D eigenvalue weighted by Crippen LogP contribution is -2.30. The second kappa shape index (κ2) is 7.44. The third kappa shape index (κ3) is 5.93. The molecule has 17 heavy (non-hydrogen) atoms. The Bertz CT molecular complexity index is 282. The Morgan fingerprint density at radius 3 is 2.00 bits per heavy atom. The van der Waals surface area contributed by atoms with E-state index in [4.69, 9.17) is 26.4 Å². The SMILES string of the molecule is CC(C)OP(=O)(OC(C)C)C(=S)N(C)CCO. The number of nitrogens with zero attached hydrogens (tertiary/aromatic N) is 1. The van der Waals surface area contributed by atoms with Gasteiger partial charge in [0.05, 0.1) is 18.8 Å². The Hall–Kier alpha value is -0.0000000000000000208. The van der Waals surface area contributed by atoms with Crippen LogP contribution >= 0.6 is 19.8 Å². The minimum atomic E-state index is -3.46. The second-order valence-electron chi connectivity index (χ2n) is 4.23. The largest absolute Gasteiger partial charge is 0.395 e. The zero-order chi connectivity index (χ0) is 13.6. The quantitative estimate of drug-likeness (QED) is 0.571. The topological polar surface area (TPSA) is 59.0 Å². The molecule has 0 radical (unpaired) electrons. The van der Waals surface area contributed by atoms with Gasteiger partial charge in [-0.15, -0.1) is 0 Å². The van der Waals surface area contributed by atoms with Crippen molar-refractivity contribution < 1.29 is 18.7 Å². The third-order valence-electron chi connectivity index (χ3n) is 1.70. The van der Waals surface area contributed by atoms with E-state index in [2.05, 4.69) is 0 Å². The Morgan fingerprint density at radius 2 is 1.71 bits per heavy atom. The zero-order valence-corrected chi connectivity index (χ0v) is 12.8. The van der Waals surface area contributed by atoms with Gasteiger partial charge in [-0.05, 0) is 27.7 Å². The average molecular weight is 283 g/mol. The van der Waals surface area contributed by atoms with Crippen molar-refractivity contribution in [2.75, 3.05) is 20.2 Å². The van der Waals surface area contributed by atoms with Gasteiger partial charge in [0.1, 0.15) is 0 Å². The van der Waals surface area contributed by atoms with Crippen LogP contribution in [-0.4, -0.2) is 47.1 Å². The molecule has 0 aliphatic carbocycles. The molecule has 0 aliphatic heterocycles. The van der Waals surface area contributed by atoms with Crippen LogP contribution in [0.3, 0.4) is 0 Å². The summed E-state index contributed by atoms with van der Waals surface area (Å²) in [7, 11) is -1.81. The maximum atomic E-state index is 12.5. The molecule has 0 spiro atoms. The van der Waals surface area contributed by atoms with Crippen molar-refractivity contribution in [3.05, 3.63) is 0 Å². The maximum absolute atomic E-state index is 12.5. The molecule has 0 aromatic rings. The van der Waals surface area contributed by atoms with E-state index in [-0.39, 0.29) is 23.5 Å². The van der Waals surface area contributed by atoms with E-state index in [1.54, 1.807) is 34.7 Å². The van der Waals surface area contributed by atoms with Gasteiger partial charge in [0, 0.05) is 13.6 Å². The van der Waals surface area contributed by atoms with E-state index in [0.717, 1.165) is 0 Å². The maximum Gasteiger partial charge on any atom is 0.388 e. The van der Waals surface area contributed by atoms with Crippen molar-refractivity contribution in [2.45, 2.75) is 39.9 Å². The lowest BCUT2D eigenvalue weighted by atomic mass is 10.5. The van der Waals surface area contributed by atoms with Crippen LogP contribution in [0.4, 0.5) is 0 Å². The monoisotopic (exact) mass is 283 g/mol. The molecule has 7 heteroatoms. The summed E-state index contributed by atoms with van der Waals surface area (Å²) in [5, 5.41) is 8.84. The predicted octanol–water partition coefficient (Wildman–Crippen LogP) is 2.24. The molecule has 0 heterocycles. The highest BCUT2D eigenvalue weighted by Crippen LogP contribution is 2.52. The summed E-state index contributed by atoms with van der Waals surface area (Å²) in [5.74, 6) is 0. The van der Waals surface area contributed by atoms with Crippen molar-refractivity contribution in [3.63, 3.8) is 0 Å². The summed E-state index contributed by atoms with van der Waals surface area (Å²) in [6.45, 7) is 7.30. The summed E-state index contributed by atoms with van der Waals surface area (Å²) in [5.41, 5.74) is 0. The molecule has 0 aromatic heterocycles. The van der Waals surface area contributed by atoms with Crippen LogP contribution in [0.2, 0.25) is 0 Å². The third-order valence-corrected chi connectivity index (χ3v) is 4.89. The highest BCUT2D eigenvalue weighted by atomic mass is 32.1. The summed E-state index contributed by atoms with van der Waals surface area (Å²) in [6, 6.07) is 0. The second-order valence-corrected chi connectivity index (χ2v) is 6.76. The number of thiocarbonyl (C=S) groups is 1. The number of likely N-dealkylation sites (N-methyl/N-ethyl adjacent to an activating group) is 1. The van der Waals surface area contributed by atoms with Crippen molar-refractivity contribution in [1.29, 1.82) is 0 Å². The molecule has 0 saturated carbocycles. The number of hydrogen-bond acceptors (Lipinski definition) is 5. The van der Waals surface area contributed by atoms with Gasteiger partial charge < -0.3 is 19.1 Å². The number of aliphatic hydroxyl groups excluding tert-OH is 1. The molecule has 0 saturated heterocycles. The van der Waals surface area contributed by atoms with E-state index >= 15 is 0 Å². The fourth-order valence-electron chi connectivity index (χ4n) is 1.12. The van der Waals surface area contributed by atoms with Crippen molar-refractivity contribution in [3.8, 4) is 0 Å². The number of aliphatic hydroxyl groups is 1. The lowest BCUT2D eigenvalue weighted by molar-refractivity contribution is 0.150. The molecule has 0 unspecified atom stereocenters. The minimum absolute atomic E-state index is 0.0694. The molecular weight excluding hydrogens is 261 g/mol. The fourth-order valence-corrected chi connectivity index (χ4v) is 3.33. The van der Waals surface area contributed by atoms with E-state index in [1.807, 2.05) is 0 Å². The van der Waals surface area contributed by atoms with Gasteiger partial charge in [-0.1, -0.05) is 12.2 Å². The summed E-state index contributed by atoms with van der Waals surface area (Å²) < 4.78 is 23.3. The standard InChI is InChI=1S/C10H22NO4PS/c1-8(2)14-16(13,15-9(3)4)10(17)11(5)6-7-12/h8-9,12H,6-7H2,1-5H3. The van der Waals surface area contributed by atoms with Crippen LogP contribution in [0.25, 0.3) is 0 Å². The van der Waals surface area contributed by atoms with E-state index in [9.17, 15) is 4.57 Å². The molecule has 0 aromatic carbocycles. The van der Waals surface area contributed by atoms with Crippen LogP contribution in [0.5, 0.6) is 0 Å². The molecule has 0 rings (SSSR count). The average Bonchev–Trinajstić information content (AvgIpc) is 2.14. The van der Waals surface area contributed by atoms with E-state index < -0.39 is 7.60 Å². The van der Waals surface area contributed by atoms with Gasteiger partial charge in [-0.2, -0.15) is 0 Å². The van der Waals surface area contributed by atoms with Gasteiger partial charge in [-0.25, -0.2) is 0 Å². The molecule has 1 N–H and O–H groups in total. The first-order chi connectivity index (χ1) is 7.73. The highest BCUT2D eigenvalue weighted by Gasteiger charge is 2.35.